The first-order valence-electron chi connectivity index (χ1n) is 9.97. The van der Waals surface area contributed by atoms with E-state index in [1.165, 1.54) is 19.4 Å². The lowest BCUT2D eigenvalue weighted by atomic mass is 10.1. The largest absolute Gasteiger partial charge is 0.493 e. The van der Waals surface area contributed by atoms with Crippen LogP contribution in [0.25, 0.3) is 6.08 Å². The predicted molar refractivity (Wildman–Crippen MR) is 114 cm³/mol. The van der Waals surface area contributed by atoms with Crippen LogP contribution in [-0.2, 0) is 9.53 Å². The van der Waals surface area contributed by atoms with E-state index in [2.05, 4.69) is 15.5 Å². The third-order valence-electron chi connectivity index (χ3n) is 4.77. The van der Waals surface area contributed by atoms with Gasteiger partial charge in [0.15, 0.2) is 17.3 Å². The van der Waals surface area contributed by atoms with Gasteiger partial charge < -0.3 is 29.3 Å². The van der Waals surface area contributed by atoms with Gasteiger partial charge in [0, 0.05) is 26.2 Å². The Morgan fingerprint density at radius 2 is 1.90 bits per heavy atom. The number of furan rings is 1. The lowest BCUT2D eigenvalue weighted by molar-refractivity contribution is -0.117. The number of ether oxygens (including phenoxy) is 3. The molecule has 1 aromatic carbocycles. The lowest BCUT2D eigenvalue weighted by Crippen LogP contribution is -2.42. The molecule has 1 aromatic heterocycles. The molecule has 31 heavy (non-hydrogen) atoms. The van der Waals surface area contributed by atoms with Crippen molar-refractivity contribution >= 4 is 17.9 Å². The van der Waals surface area contributed by atoms with E-state index in [4.69, 9.17) is 18.6 Å². The van der Waals surface area contributed by atoms with E-state index in [0.29, 0.717) is 43.4 Å². The molecule has 2 amide bonds. The number of nitrogens with zero attached hydrogens (tertiary/aromatic N) is 1. The molecule has 1 aliphatic heterocycles. The number of hydrogen-bond acceptors (Lipinski definition) is 7. The summed E-state index contributed by atoms with van der Waals surface area (Å²) < 4.78 is 21.0. The Morgan fingerprint density at radius 1 is 1.13 bits per heavy atom. The zero-order valence-electron chi connectivity index (χ0n) is 17.7. The van der Waals surface area contributed by atoms with Crippen LogP contribution in [0.1, 0.15) is 16.1 Å². The van der Waals surface area contributed by atoms with Gasteiger partial charge in [0.25, 0.3) is 11.8 Å². The van der Waals surface area contributed by atoms with Crippen LogP contribution >= 0.6 is 0 Å². The maximum atomic E-state index is 12.8. The topological polar surface area (TPSA) is 102 Å². The molecule has 9 heteroatoms. The van der Waals surface area contributed by atoms with Crippen molar-refractivity contribution in [3.05, 3.63) is 53.6 Å². The van der Waals surface area contributed by atoms with Crippen molar-refractivity contribution in [1.29, 1.82) is 0 Å². The summed E-state index contributed by atoms with van der Waals surface area (Å²) in [5.74, 6) is 0.277. The second kappa shape index (κ2) is 11.2. The molecule has 2 heterocycles. The molecule has 1 saturated heterocycles. The molecular formula is C22H27N3O6. The van der Waals surface area contributed by atoms with Crippen LogP contribution in [0.5, 0.6) is 11.5 Å². The van der Waals surface area contributed by atoms with E-state index in [-0.39, 0.29) is 11.5 Å². The molecule has 9 nitrogen and oxygen atoms in total. The highest BCUT2D eigenvalue weighted by Crippen LogP contribution is 2.28. The Labute approximate surface area is 180 Å². The van der Waals surface area contributed by atoms with E-state index in [0.717, 1.165) is 13.1 Å². The highest BCUT2D eigenvalue weighted by atomic mass is 16.5. The molecule has 0 radical (unpaired) electrons. The van der Waals surface area contributed by atoms with Crippen molar-refractivity contribution in [3.8, 4) is 11.5 Å². The van der Waals surface area contributed by atoms with Crippen LogP contribution in [0.15, 0.2) is 46.7 Å². The Bertz CT molecular complexity index is 904. The minimum atomic E-state index is -0.514. The summed E-state index contributed by atoms with van der Waals surface area (Å²) in [6, 6.07) is 8.35. The van der Waals surface area contributed by atoms with Crippen LogP contribution in [0.4, 0.5) is 0 Å². The molecule has 166 valence electrons. The SMILES string of the molecule is COc1ccc(C=C(NC(=O)c2ccco2)C(=O)NCCN2CCOCC2)cc1OC. The van der Waals surface area contributed by atoms with Crippen molar-refractivity contribution < 1.29 is 28.2 Å². The fourth-order valence-corrected chi connectivity index (χ4v) is 3.11. The van der Waals surface area contributed by atoms with Gasteiger partial charge in [-0.15, -0.1) is 0 Å². The Kier molecular flexibility index (Phi) is 8.08. The van der Waals surface area contributed by atoms with E-state index in [9.17, 15) is 9.59 Å². The predicted octanol–water partition coefficient (Wildman–Crippen LogP) is 1.52. The number of carbonyl (C=O) groups is 2. The minimum absolute atomic E-state index is 0.0931. The maximum absolute atomic E-state index is 12.8. The first-order chi connectivity index (χ1) is 15.1. The quantitative estimate of drug-likeness (QED) is 0.583. The molecule has 0 bridgehead atoms. The molecule has 1 fully saturated rings. The highest BCUT2D eigenvalue weighted by Gasteiger charge is 2.17. The summed E-state index contributed by atoms with van der Waals surface area (Å²) in [5, 5.41) is 5.49. The third-order valence-corrected chi connectivity index (χ3v) is 4.77. The summed E-state index contributed by atoms with van der Waals surface area (Å²) in [6.45, 7) is 4.19. The number of nitrogens with one attached hydrogen (secondary N) is 2. The Morgan fingerprint density at radius 3 is 2.58 bits per heavy atom. The average Bonchev–Trinajstić information content (AvgIpc) is 3.34. The first-order valence-corrected chi connectivity index (χ1v) is 9.97. The van der Waals surface area contributed by atoms with Crippen LogP contribution in [0.2, 0.25) is 0 Å². The standard InChI is InChI=1S/C22H27N3O6/c1-28-18-6-5-16(15-20(18)29-2)14-17(24-22(27)19-4-3-11-31-19)21(26)23-7-8-25-9-12-30-13-10-25/h3-6,11,14-15H,7-10,12-13H2,1-2H3,(H,23,26)(H,24,27). The molecule has 3 rings (SSSR count). The highest BCUT2D eigenvalue weighted by molar-refractivity contribution is 6.04. The first kappa shape index (κ1) is 22.4. The lowest BCUT2D eigenvalue weighted by Gasteiger charge is -2.26. The van der Waals surface area contributed by atoms with E-state index < -0.39 is 11.8 Å². The summed E-state index contributed by atoms with van der Waals surface area (Å²) >= 11 is 0. The van der Waals surface area contributed by atoms with Crippen molar-refractivity contribution in [2.24, 2.45) is 0 Å². The fourth-order valence-electron chi connectivity index (χ4n) is 3.11. The van der Waals surface area contributed by atoms with Crippen molar-refractivity contribution in [1.82, 2.24) is 15.5 Å². The van der Waals surface area contributed by atoms with Crippen molar-refractivity contribution in [3.63, 3.8) is 0 Å². The molecule has 0 atom stereocenters. The molecule has 0 unspecified atom stereocenters. The van der Waals surface area contributed by atoms with Gasteiger partial charge >= 0.3 is 0 Å². The van der Waals surface area contributed by atoms with E-state index >= 15 is 0 Å². The Balaban J connectivity index is 1.74. The normalized spacial score (nSPS) is 14.7. The van der Waals surface area contributed by atoms with Crippen LogP contribution in [-0.4, -0.2) is 70.3 Å². The number of amides is 2. The summed E-state index contributed by atoms with van der Waals surface area (Å²) in [6.07, 6.45) is 2.97. The van der Waals surface area contributed by atoms with Crippen LogP contribution in [0.3, 0.4) is 0 Å². The van der Waals surface area contributed by atoms with E-state index in [1.807, 2.05) is 0 Å². The van der Waals surface area contributed by atoms with E-state index in [1.54, 1.807) is 37.5 Å². The molecular weight excluding hydrogens is 402 g/mol. The van der Waals surface area contributed by atoms with Crippen LogP contribution in [0, 0.1) is 0 Å². The monoisotopic (exact) mass is 429 g/mol. The van der Waals surface area contributed by atoms with Gasteiger partial charge in [-0.25, -0.2) is 0 Å². The molecule has 2 N–H and O–H groups in total. The van der Waals surface area contributed by atoms with Gasteiger partial charge in [-0.3, -0.25) is 14.5 Å². The summed E-state index contributed by atoms with van der Waals surface area (Å²) in [7, 11) is 3.08. The smallest absolute Gasteiger partial charge is 0.291 e. The minimum Gasteiger partial charge on any atom is -0.493 e. The van der Waals surface area contributed by atoms with Gasteiger partial charge in [0.1, 0.15) is 5.70 Å². The third kappa shape index (κ3) is 6.34. The fraction of sp³-hybridized carbons (Fsp3) is 0.364. The molecule has 2 aromatic rings. The number of rotatable bonds is 9. The zero-order valence-corrected chi connectivity index (χ0v) is 17.7. The average molecular weight is 429 g/mol. The van der Waals surface area contributed by atoms with Gasteiger partial charge in [-0.2, -0.15) is 0 Å². The van der Waals surface area contributed by atoms with Crippen molar-refractivity contribution in [2.45, 2.75) is 0 Å². The second-order valence-electron chi connectivity index (χ2n) is 6.81. The number of morpholine rings is 1. The number of hydrogen-bond donors (Lipinski definition) is 2. The number of benzene rings is 1. The van der Waals surface area contributed by atoms with Crippen molar-refractivity contribution in [2.75, 3.05) is 53.6 Å². The van der Waals surface area contributed by atoms with Gasteiger partial charge in [-0.1, -0.05) is 6.07 Å². The molecule has 0 aliphatic carbocycles. The Hall–Kier alpha value is -3.30. The molecule has 0 spiro atoms. The zero-order chi connectivity index (χ0) is 22.1. The maximum Gasteiger partial charge on any atom is 0.291 e. The molecule has 0 saturated carbocycles. The number of carbonyl (C=O) groups excluding carboxylic acids is 2. The van der Waals surface area contributed by atoms with Gasteiger partial charge in [0.2, 0.25) is 0 Å². The second-order valence-corrected chi connectivity index (χ2v) is 6.81. The van der Waals surface area contributed by atoms with Gasteiger partial charge in [-0.05, 0) is 35.9 Å². The molecule has 1 aliphatic rings. The summed E-state index contributed by atoms with van der Waals surface area (Å²) in [5.41, 5.74) is 0.756. The summed E-state index contributed by atoms with van der Waals surface area (Å²) in [4.78, 5) is 27.5. The van der Waals surface area contributed by atoms with Gasteiger partial charge in [0.05, 0.1) is 33.7 Å². The van der Waals surface area contributed by atoms with Crippen LogP contribution < -0.4 is 20.1 Å². The number of methoxy groups -OCH3 is 2.